The van der Waals surface area contributed by atoms with Crippen LogP contribution in [0.25, 0.3) is 11.0 Å². The van der Waals surface area contributed by atoms with E-state index < -0.39 is 0 Å². The summed E-state index contributed by atoms with van der Waals surface area (Å²) in [5.41, 5.74) is 1.89. The number of hydrogen-bond donors (Lipinski definition) is 0. The SMILES string of the molecule is COc1c(C(=O)Sc2ccc(Cl)cc2)cnc2c1c(C)nn2C. The molecule has 2 aromatic heterocycles. The number of ether oxygens (including phenoxy) is 1. The van der Waals surface area contributed by atoms with Gasteiger partial charge in [-0.25, -0.2) is 4.98 Å². The second kappa shape index (κ2) is 6.22. The number of pyridine rings is 1. The fourth-order valence-electron chi connectivity index (χ4n) is 2.40. The number of thioether (sulfide) groups is 1. The molecule has 0 bridgehead atoms. The van der Waals surface area contributed by atoms with Gasteiger partial charge >= 0.3 is 0 Å². The van der Waals surface area contributed by atoms with E-state index >= 15 is 0 Å². The average molecular weight is 348 g/mol. The Morgan fingerprint density at radius 1 is 1.30 bits per heavy atom. The first-order valence-electron chi connectivity index (χ1n) is 6.85. The lowest BCUT2D eigenvalue weighted by Gasteiger charge is -2.09. The van der Waals surface area contributed by atoms with Crippen LogP contribution in [0.15, 0.2) is 35.4 Å². The van der Waals surface area contributed by atoms with E-state index in [1.807, 2.05) is 14.0 Å². The maximum Gasteiger partial charge on any atom is 0.229 e. The molecule has 0 N–H and O–H groups in total. The zero-order valence-corrected chi connectivity index (χ0v) is 14.4. The number of nitrogens with zero attached hydrogens (tertiary/aromatic N) is 3. The van der Waals surface area contributed by atoms with Crippen molar-refractivity contribution in [1.29, 1.82) is 0 Å². The van der Waals surface area contributed by atoms with Gasteiger partial charge in [0.15, 0.2) is 5.65 Å². The van der Waals surface area contributed by atoms with Gasteiger partial charge in [0.1, 0.15) is 5.75 Å². The number of rotatable bonds is 3. The standard InChI is InChI=1S/C16H14ClN3O2S/c1-9-13-14(22-3)12(8-18-15(13)20(2)19-9)16(21)23-11-6-4-10(17)5-7-11/h4-8H,1-3H3. The summed E-state index contributed by atoms with van der Waals surface area (Å²) < 4.78 is 7.16. The van der Waals surface area contributed by atoms with E-state index in [9.17, 15) is 4.79 Å². The predicted molar refractivity (Wildman–Crippen MR) is 91.4 cm³/mol. The molecule has 0 aliphatic rings. The lowest BCUT2D eigenvalue weighted by molar-refractivity contribution is 0.108. The third-order valence-corrected chi connectivity index (χ3v) is 4.59. The number of hydrogen-bond acceptors (Lipinski definition) is 5. The van der Waals surface area contributed by atoms with Crippen LogP contribution in [-0.2, 0) is 7.05 Å². The lowest BCUT2D eigenvalue weighted by Crippen LogP contribution is -2.01. The van der Waals surface area contributed by atoms with Gasteiger partial charge in [0.2, 0.25) is 5.12 Å². The van der Waals surface area contributed by atoms with E-state index in [0.29, 0.717) is 22.0 Å². The molecule has 0 saturated heterocycles. The van der Waals surface area contributed by atoms with Crippen LogP contribution >= 0.6 is 23.4 Å². The molecular weight excluding hydrogens is 334 g/mol. The van der Waals surface area contributed by atoms with Crippen LogP contribution in [0.1, 0.15) is 16.1 Å². The van der Waals surface area contributed by atoms with Gasteiger partial charge < -0.3 is 4.74 Å². The molecule has 0 amide bonds. The summed E-state index contributed by atoms with van der Waals surface area (Å²) in [4.78, 5) is 17.8. The van der Waals surface area contributed by atoms with Gasteiger partial charge in [-0.15, -0.1) is 0 Å². The Bertz CT molecular complexity index is 890. The van der Waals surface area contributed by atoms with Gasteiger partial charge in [-0.2, -0.15) is 5.10 Å². The van der Waals surface area contributed by atoms with E-state index in [1.54, 1.807) is 36.1 Å². The molecule has 5 nitrogen and oxygen atoms in total. The second-order valence-corrected chi connectivity index (χ2v) is 6.44. The Balaban J connectivity index is 2.03. The van der Waals surface area contributed by atoms with Crippen LogP contribution in [0.4, 0.5) is 0 Å². The number of carbonyl (C=O) groups excluding carboxylic acids is 1. The molecular formula is C16H14ClN3O2S. The fraction of sp³-hybridized carbons (Fsp3) is 0.188. The largest absolute Gasteiger partial charge is 0.495 e. The minimum atomic E-state index is -0.137. The highest BCUT2D eigenvalue weighted by molar-refractivity contribution is 8.14. The van der Waals surface area contributed by atoms with Gasteiger partial charge in [-0.1, -0.05) is 11.6 Å². The first kappa shape index (κ1) is 15.8. The first-order valence-corrected chi connectivity index (χ1v) is 8.04. The third kappa shape index (κ3) is 2.92. The van der Waals surface area contributed by atoms with Crippen LogP contribution in [0.2, 0.25) is 5.02 Å². The first-order chi connectivity index (χ1) is 11.0. The van der Waals surface area contributed by atoms with Crippen molar-refractivity contribution in [1.82, 2.24) is 14.8 Å². The van der Waals surface area contributed by atoms with Crippen molar-refractivity contribution in [2.24, 2.45) is 7.05 Å². The Kier molecular flexibility index (Phi) is 4.28. The van der Waals surface area contributed by atoms with Crippen molar-refractivity contribution in [3.8, 4) is 5.75 Å². The van der Waals surface area contributed by atoms with Gasteiger partial charge in [0.25, 0.3) is 0 Å². The minimum absolute atomic E-state index is 0.137. The van der Waals surface area contributed by atoms with Crippen molar-refractivity contribution < 1.29 is 9.53 Å². The highest BCUT2D eigenvalue weighted by Gasteiger charge is 2.21. The van der Waals surface area contributed by atoms with Crippen molar-refractivity contribution in [3.05, 3.63) is 46.7 Å². The highest BCUT2D eigenvalue weighted by atomic mass is 35.5. The van der Waals surface area contributed by atoms with Crippen LogP contribution in [-0.4, -0.2) is 27.0 Å². The van der Waals surface area contributed by atoms with Crippen LogP contribution in [0.3, 0.4) is 0 Å². The summed E-state index contributed by atoms with van der Waals surface area (Å²) in [7, 11) is 3.36. The maximum absolute atomic E-state index is 12.6. The average Bonchev–Trinajstić information content (AvgIpc) is 2.83. The number of methoxy groups -OCH3 is 1. The minimum Gasteiger partial charge on any atom is -0.495 e. The normalized spacial score (nSPS) is 11.0. The summed E-state index contributed by atoms with van der Waals surface area (Å²) in [5.74, 6) is 0.507. The molecule has 0 atom stereocenters. The Morgan fingerprint density at radius 2 is 2.00 bits per heavy atom. The van der Waals surface area contributed by atoms with Gasteiger partial charge in [-0.05, 0) is 43.0 Å². The fourth-order valence-corrected chi connectivity index (χ4v) is 3.27. The van der Waals surface area contributed by atoms with Crippen molar-refractivity contribution in [2.45, 2.75) is 11.8 Å². The van der Waals surface area contributed by atoms with E-state index in [0.717, 1.165) is 27.7 Å². The predicted octanol–water partition coefficient (Wildman–Crippen LogP) is 3.87. The number of carbonyl (C=O) groups is 1. The Labute approximate surface area is 142 Å². The number of fused-ring (bicyclic) bond motifs is 1. The molecule has 7 heteroatoms. The Hall–Kier alpha value is -2.05. The molecule has 0 spiro atoms. The van der Waals surface area contributed by atoms with Crippen molar-refractivity contribution >= 4 is 39.5 Å². The molecule has 0 fully saturated rings. The highest BCUT2D eigenvalue weighted by Crippen LogP contribution is 2.34. The summed E-state index contributed by atoms with van der Waals surface area (Å²) in [6.07, 6.45) is 1.54. The van der Waals surface area contributed by atoms with Crippen molar-refractivity contribution in [2.75, 3.05) is 7.11 Å². The van der Waals surface area contributed by atoms with Crippen molar-refractivity contribution in [3.63, 3.8) is 0 Å². The lowest BCUT2D eigenvalue weighted by atomic mass is 10.2. The van der Waals surface area contributed by atoms with E-state index in [4.69, 9.17) is 16.3 Å². The van der Waals surface area contributed by atoms with Gasteiger partial charge in [0, 0.05) is 23.2 Å². The van der Waals surface area contributed by atoms with E-state index in [1.165, 1.54) is 6.20 Å². The molecule has 0 saturated carbocycles. The summed E-state index contributed by atoms with van der Waals surface area (Å²) in [5, 5.41) is 5.59. The molecule has 1 aromatic carbocycles. The van der Waals surface area contributed by atoms with Gasteiger partial charge in [-0.3, -0.25) is 9.48 Å². The summed E-state index contributed by atoms with van der Waals surface area (Å²) >= 11 is 6.98. The molecule has 118 valence electrons. The van der Waals surface area contributed by atoms with Gasteiger partial charge in [0.05, 0.1) is 23.8 Å². The number of aromatic nitrogens is 3. The molecule has 3 rings (SSSR count). The quantitative estimate of drug-likeness (QED) is 0.673. The molecule has 0 aliphatic heterocycles. The molecule has 0 radical (unpaired) electrons. The zero-order valence-electron chi connectivity index (χ0n) is 12.8. The molecule has 0 unspecified atom stereocenters. The third-order valence-electron chi connectivity index (χ3n) is 3.43. The van der Waals surface area contributed by atoms with Crippen LogP contribution in [0.5, 0.6) is 5.75 Å². The molecule has 2 heterocycles. The second-order valence-electron chi connectivity index (χ2n) is 4.96. The number of aryl methyl sites for hydroxylation is 2. The van der Waals surface area contributed by atoms with Crippen LogP contribution < -0.4 is 4.74 Å². The smallest absolute Gasteiger partial charge is 0.229 e. The summed E-state index contributed by atoms with van der Waals surface area (Å²) in [6, 6.07) is 7.11. The molecule has 0 aliphatic carbocycles. The Morgan fingerprint density at radius 3 is 2.65 bits per heavy atom. The topological polar surface area (TPSA) is 57.0 Å². The number of benzene rings is 1. The molecule has 3 aromatic rings. The van der Waals surface area contributed by atoms with Crippen LogP contribution in [0, 0.1) is 6.92 Å². The zero-order chi connectivity index (χ0) is 16.6. The number of halogens is 1. The monoisotopic (exact) mass is 347 g/mol. The molecule has 23 heavy (non-hydrogen) atoms. The maximum atomic E-state index is 12.6. The van der Waals surface area contributed by atoms with E-state index in [-0.39, 0.29) is 5.12 Å². The van der Waals surface area contributed by atoms with E-state index in [2.05, 4.69) is 10.1 Å². The summed E-state index contributed by atoms with van der Waals surface area (Å²) in [6.45, 7) is 1.87.